The van der Waals surface area contributed by atoms with Crippen molar-refractivity contribution in [2.45, 2.75) is 13.3 Å². The quantitative estimate of drug-likeness (QED) is 0.485. The summed E-state index contributed by atoms with van der Waals surface area (Å²) >= 11 is 0. The second-order valence-corrected chi connectivity index (χ2v) is 6.77. The molecule has 1 aromatic carbocycles. The minimum absolute atomic E-state index is 0.525. The van der Waals surface area contributed by atoms with E-state index in [9.17, 15) is 0 Å². The summed E-state index contributed by atoms with van der Waals surface area (Å²) in [6.45, 7) is 2.09. The fourth-order valence-electron chi connectivity index (χ4n) is 3.53. The van der Waals surface area contributed by atoms with Crippen LogP contribution < -0.4 is 4.90 Å². The fraction of sp³-hybridized carbons (Fsp3) is 0.143. The predicted molar refractivity (Wildman–Crippen MR) is 113 cm³/mol. The molecule has 9 heteroatoms. The van der Waals surface area contributed by atoms with Gasteiger partial charge in [0.25, 0.3) is 0 Å². The fourth-order valence-corrected chi connectivity index (χ4v) is 3.53. The van der Waals surface area contributed by atoms with Gasteiger partial charge in [0.1, 0.15) is 5.82 Å². The molecule has 148 valence electrons. The maximum atomic E-state index is 4.70. The maximum absolute atomic E-state index is 4.70. The van der Waals surface area contributed by atoms with E-state index in [1.54, 1.807) is 12.4 Å². The second kappa shape index (κ2) is 7.36. The standard InChI is InChI=1S/C21H19N9/c1-3-14-13-19(30-18(24-14)10-12-23-30)29(2)17-9-6-11-22-20(17)15-7-4-5-8-16(15)21-25-27-28-26-21/h4-13H,3H2,1-2H3,(H,25,26,27,28). The van der Waals surface area contributed by atoms with E-state index in [0.717, 1.165) is 46.1 Å². The largest absolute Gasteiger partial charge is 0.327 e. The van der Waals surface area contributed by atoms with Crippen LogP contribution in [0.2, 0.25) is 0 Å². The van der Waals surface area contributed by atoms with E-state index in [0.29, 0.717) is 5.82 Å². The number of nitrogens with zero attached hydrogens (tertiary/aromatic N) is 8. The number of aromatic nitrogens is 8. The minimum atomic E-state index is 0.525. The number of hydrogen-bond donors (Lipinski definition) is 1. The molecule has 4 aromatic heterocycles. The molecule has 0 aliphatic rings. The van der Waals surface area contributed by atoms with E-state index in [2.05, 4.69) is 48.6 Å². The van der Waals surface area contributed by atoms with Crippen LogP contribution in [0.3, 0.4) is 0 Å². The van der Waals surface area contributed by atoms with Crippen molar-refractivity contribution in [2.24, 2.45) is 0 Å². The van der Waals surface area contributed by atoms with Crippen LogP contribution in [0.1, 0.15) is 12.6 Å². The molecule has 0 fully saturated rings. The Kier molecular flexibility index (Phi) is 4.40. The summed E-state index contributed by atoms with van der Waals surface area (Å²) in [6, 6.07) is 15.8. The Bertz CT molecular complexity index is 1310. The van der Waals surface area contributed by atoms with E-state index < -0.39 is 0 Å². The van der Waals surface area contributed by atoms with E-state index in [-0.39, 0.29) is 0 Å². The smallest absolute Gasteiger partial charge is 0.205 e. The first-order chi connectivity index (χ1) is 14.8. The average Bonchev–Trinajstić information content (AvgIpc) is 3.50. The van der Waals surface area contributed by atoms with Crippen LogP contribution in [0.15, 0.2) is 60.9 Å². The van der Waals surface area contributed by atoms with Crippen molar-refractivity contribution < 1.29 is 0 Å². The summed E-state index contributed by atoms with van der Waals surface area (Å²) in [4.78, 5) is 11.4. The van der Waals surface area contributed by atoms with Crippen molar-refractivity contribution in [3.63, 3.8) is 0 Å². The van der Waals surface area contributed by atoms with Crippen LogP contribution in [0.25, 0.3) is 28.3 Å². The maximum Gasteiger partial charge on any atom is 0.205 e. The van der Waals surface area contributed by atoms with Gasteiger partial charge >= 0.3 is 0 Å². The third kappa shape index (κ3) is 2.96. The molecule has 0 aliphatic heterocycles. The number of nitrogens with one attached hydrogen (secondary N) is 1. The molecule has 5 rings (SSSR count). The second-order valence-electron chi connectivity index (χ2n) is 6.77. The van der Waals surface area contributed by atoms with Crippen molar-refractivity contribution in [1.82, 2.24) is 40.2 Å². The molecule has 1 N–H and O–H groups in total. The van der Waals surface area contributed by atoms with Crippen molar-refractivity contribution >= 4 is 17.2 Å². The number of aryl methyl sites for hydroxylation is 1. The molecule has 0 unspecified atom stereocenters. The SMILES string of the molecule is CCc1cc(N(C)c2cccnc2-c2ccccc2-c2nn[nH]n2)n2nccc2n1. The Morgan fingerprint density at radius 3 is 2.70 bits per heavy atom. The predicted octanol–water partition coefficient (Wildman–Crippen LogP) is 3.30. The summed E-state index contributed by atoms with van der Waals surface area (Å²) in [5.41, 5.74) is 5.33. The number of pyridine rings is 1. The lowest BCUT2D eigenvalue weighted by Gasteiger charge is -2.23. The molecule has 9 nitrogen and oxygen atoms in total. The summed E-state index contributed by atoms with van der Waals surface area (Å²) in [6.07, 6.45) is 4.38. The van der Waals surface area contributed by atoms with E-state index in [4.69, 9.17) is 4.98 Å². The van der Waals surface area contributed by atoms with Crippen LogP contribution in [-0.4, -0.2) is 47.3 Å². The van der Waals surface area contributed by atoms with Gasteiger partial charge < -0.3 is 4.90 Å². The van der Waals surface area contributed by atoms with Crippen molar-refractivity contribution in [3.8, 4) is 22.6 Å². The minimum Gasteiger partial charge on any atom is -0.327 e. The molecule has 30 heavy (non-hydrogen) atoms. The molecule has 0 radical (unpaired) electrons. The third-order valence-electron chi connectivity index (χ3n) is 5.02. The number of anilines is 2. The number of benzene rings is 1. The van der Waals surface area contributed by atoms with Crippen LogP contribution >= 0.6 is 0 Å². The highest BCUT2D eigenvalue weighted by atomic mass is 15.5. The van der Waals surface area contributed by atoms with Gasteiger partial charge in [0.05, 0.1) is 17.6 Å². The van der Waals surface area contributed by atoms with Gasteiger partial charge in [0, 0.05) is 42.2 Å². The first-order valence-corrected chi connectivity index (χ1v) is 9.62. The van der Waals surface area contributed by atoms with Crippen molar-refractivity contribution in [3.05, 3.63) is 66.6 Å². The highest BCUT2D eigenvalue weighted by Gasteiger charge is 2.19. The van der Waals surface area contributed by atoms with Crippen LogP contribution in [-0.2, 0) is 6.42 Å². The molecule has 0 saturated heterocycles. The first-order valence-electron chi connectivity index (χ1n) is 9.62. The zero-order valence-corrected chi connectivity index (χ0v) is 16.6. The summed E-state index contributed by atoms with van der Waals surface area (Å²) < 4.78 is 1.83. The van der Waals surface area contributed by atoms with Crippen LogP contribution in [0.4, 0.5) is 11.5 Å². The molecular formula is C21H19N9. The Labute approximate surface area is 172 Å². The number of tetrazole rings is 1. The van der Waals surface area contributed by atoms with Crippen molar-refractivity contribution in [2.75, 3.05) is 11.9 Å². The number of H-pyrrole nitrogens is 1. The van der Waals surface area contributed by atoms with Crippen LogP contribution in [0, 0.1) is 0 Å². The monoisotopic (exact) mass is 397 g/mol. The Morgan fingerprint density at radius 1 is 1.03 bits per heavy atom. The molecular weight excluding hydrogens is 378 g/mol. The highest BCUT2D eigenvalue weighted by molar-refractivity contribution is 5.86. The van der Waals surface area contributed by atoms with E-state index in [1.807, 2.05) is 54.0 Å². The molecule has 0 amide bonds. The Morgan fingerprint density at radius 2 is 1.90 bits per heavy atom. The zero-order valence-electron chi connectivity index (χ0n) is 16.6. The lowest BCUT2D eigenvalue weighted by molar-refractivity contribution is 0.881. The van der Waals surface area contributed by atoms with Gasteiger partial charge in [0.15, 0.2) is 5.65 Å². The molecule has 5 aromatic rings. The molecule has 4 heterocycles. The lowest BCUT2D eigenvalue weighted by Crippen LogP contribution is -2.16. The lowest BCUT2D eigenvalue weighted by atomic mass is 10.0. The van der Waals surface area contributed by atoms with E-state index in [1.165, 1.54) is 0 Å². The highest BCUT2D eigenvalue weighted by Crippen LogP contribution is 2.36. The van der Waals surface area contributed by atoms with Gasteiger partial charge in [-0.2, -0.15) is 14.8 Å². The number of hydrogen-bond acceptors (Lipinski definition) is 7. The van der Waals surface area contributed by atoms with Gasteiger partial charge in [-0.05, 0) is 23.8 Å². The molecule has 0 spiro atoms. The van der Waals surface area contributed by atoms with Gasteiger partial charge in [0.2, 0.25) is 5.82 Å². The number of aromatic amines is 1. The average molecular weight is 397 g/mol. The number of fused-ring (bicyclic) bond motifs is 1. The van der Waals surface area contributed by atoms with E-state index >= 15 is 0 Å². The summed E-state index contributed by atoms with van der Waals surface area (Å²) in [7, 11) is 2.01. The Hall–Kier alpha value is -4.14. The zero-order chi connectivity index (χ0) is 20.5. The topological polar surface area (TPSA) is 101 Å². The normalized spacial score (nSPS) is 11.1. The molecule has 0 saturated carbocycles. The summed E-state index contributed by atoms with van der Waals surface area (Å²) in [5.74, 6) is 1.43. The van der Waals surface area contributed by atoms with Crippen LogP contribution in [0.5, 0.6) is 0 Å². The number of rotatable bonds is 5. The first kappa shape index (κ1) is 17.9. The molecule has 0 atom stereocenters. The molecule has 0 bridgehead atoms. The van der Waals surface area contributed by atoms with Gasteiger partial charge in [-0.15, -0.1) is 10.2 Å². The Balaban J connectivity index is 1.69. The van der Waals surface area contributed by atoms with Gasteiger partial charge in [-0.1, -0.05) is 31.2 Å². The molecule has 0 aliphatic carbocycles. The third-order valence-corrected chi connectivity index (χ3v) is 5.02. The van der Waals surface area contributed by atoms with Gasteiger partial charge in [-0.25, -0.2) is 4.98 Å². The van der Waals surface area contributed by atoms with Crippen molar-refractivity contribution in [1.29, 1.82) is 0 Å². The summed E-state index contributed by atoms with van der Waals surface area (Å²) in [5, 5.41) is 19.0. The van der Waals surface area contributed by atoms with Gasteiger partial charge in [-0.3, -0.25) is 4.98 Å².